The molecule has 3 aromatic rings. The fraction of sp³-hybridized carbons (Fsp3) is 0.429. The number of piperidine rings is 1. The van der Waals surface area contributed by atoms with Crippen molar-refractivity contribution in [2.75, 3.05) is 61.6 Å². The van der Waals surface area contributed by atoms with Crippen LogP contribution in [0.15, 0.2) is 66.7 Å². The van der Waals surface area contributed by atoms with Crippen molar-refractivity contribution in [2.45, 2.75) is 44.7 Å². The van der Waals surface area contributed by atoms with Crippen molar-refractivity contribution >= 4 is 28.9 Å². The van der Waals surface area contributed by atoms with Crippen LogP contribution in [0.5, 0.6) is 0 Å². The molecule has 0 radical (unpaired) electrons. The van der Waals surface area contributed by atoms with Crippen molar-refractivity contribution in [3.63, 3.8) is 0 Å². The number of ether oxygens (including phenoxy) is 2. The van der Waals surface area contributed by atoms with E-state index in [9.17, 15) is 9.59 Å². The van der Waals surface area contributed by atoms with E-state index < -0.39 is 17.8 Å². The lowest BCUT2D eigenvalue weighted by Crippen LogP contribution is -2.46. The second-order valence-electron chi connectivity index (χ2n) is 11.9. The van der Waals surface area contributed by atoms with Gasteiger partial charge in [0.05, 0.1) is 30.7 Å². The lowest BCUT2D eigenvalue weighted by molar-refractivity contribution is -0.123. The summed E-state index contributed by atoms with van der Waals surface area (Å²) in [4.78, 5) is 32.0. The Labute approximate surface area is 258 Å². The molecule has 0 bridgehead atoms. The molecule has 9 heteroatoms. The molecule has 2 atom stereocenters. The third kappa shape index (κ3) is 6.74. The van der Waals surface area contributed by atoms with Crippen molar-refractivity contribution < 1.29 is 23.5 Å². The number of anilines is 3. The first kappa shape index (κ1) is 30.1. The molecule has 3 saturated heterocycles. The highest BCUT2D eigenvalue weighted by atomic mass is 19.1. The first-order valence-corrected chi connectivity index (χ1v) is 15.7. The van der Waals surface area contributed by atoms with Gasteiger partial charge in [0.1, 0.15) is 5.82 Å². The summed E-state index contributed by atoms with van der Waals surface area (Å²) in [6, 6.07) is 20.3. The molecule has 0 spiro atoms. The van der Waals surface area contributed by atoms with E-state index in [0.717, 1.165) is 56.1 Å². The lowest BCUT2D eigenvalue weighted by atomic mass is 9.83. The largest absolute Gasteiger partial charge is 0.382 e. The molecule has 2 amide bonds. The molecule has 44 heavy (non-hydrogen) atoms. The zero-order chi connectivity index (χ0) is 30.5. The number of rotatable bonds is 7. The van der Waals surface area contributed by atoms with Crippen LogP contribution >= 0.6 is 0 Å². The van der Waals surface area contributed by atoms with Gasteiger partial charge in [-0.15, -0.1) is 0 Å². The van der Waals surface area contributed by atoms with Gasteiger partial charge in [-0.05, 0) is 80.1 Å². The van der Waals surface area contributed by atoms with Crippen LogP contribution in [0.3, 0.4) is 0 Å². The van der Waals surface area contributed by atoms with Crippen LogP contribution in [-0.2, 0) is 14.3 Å². The molecule has 0 unspecified atom stereocenters. The SMILES string of the molecule is Cc1cccc(F)c1C(=O)N1CCC[C@H](C(=O)Nc2cccc(N3CCOCC3)c2)[C@@H]1c1ccc(NC2CCOCC2)cc1. The Bertz CT molecular complexity index is 1430. The standard InChI is InChI=1S/C35H41FN4O4/c1-24-5-2-9-31(36)32(24)35(42)40-16-4-8-30(33(40)25-10-12-26(13-11-25)37-27-14-19-43-20-15-27)34(41)38-28-6-3-7-29(23-28)39-17-21-44-22-18-39/h2-3,5-7,9-13,23,27,30,33,37H,4,8,14-22H2,1H3,(H,38,41)/t30-,33-/m0/s1. The predicted molar refractivity (Wildman–Crippen MR) is 170 cm³/mol. The Hall–Kier alpha value is -3.95. The highest BCUT2D eigenvalue weighted by Gasteiger charge is 2.40. The summed E-state index contributed by atoms with van der Waals surface area (Å²) in [6.45, 7) is 6.63. The van der Waals surface area contributed by atoms with Crippen molar-refractivity contribution in [1.29, 1.82) is 0 Å². The maximum Gasteiger partial charge on any atom is 0.257 e. The molecule has 3 heterocycles. The average molecular weight is 601 g/mol. The molecular formula is C35H41FN4O4. The number of morpholine rings is 1. The van der Waals surface area contributed by atoms with Gasteiger partial charge < -0.3 is 29.9 Å². The zero-order valence-electron chi connectivity index (χ0n) is 25.3. The van der Waals surface area contributed by atoms with E-state index in [1.807, 2.05) is 48.5 Å². The van der Waals surface area contributed by atoms with Crippen LogP contribution in [0.25, 0.3) is 0 Å². The van der Waals surface area contributed by atoms with E-state index in [-0.39, 0.29) is 17.4 Å². The van der Waals surface area contributed by atoms with E-state index in [0.29, 0.717) is 49.9 Å². The van der Waals surface area contributed by atoms with Gasteiger partial charge in [0.2, 0.25) is 5.91 Å². The van der Waals surface area contributed by atoms with Gasteiger partial charge in [0.25, 0.3) is 5.91 Å². The van der Waals surface area contributed by atoms with Gasteiger partial charge in [-0.1, -0.05) is 30.3 Å². The minimum Gasteiger partial charge on any atom is -0.382 e. The Morgan fingerprint density at radius 1 is 0.841 bits per heavy atom. The summed E-state index contributed by atoms with van der Waals surface area (Å²) < 4.78 is 26.0. The molecule has 0 aliphatic carbocycles. The van der Waals surface area contributed by atoms with Crippen LogP contribution in [0.2, 0.25) is 0 Å². The van der Waals surface area contributed by atoms with E-state index in [1.54, 1.807) is 24.0 Å². The summed E-state index contributed by atoms with van der Waals surface area (Å²) >= 11 is 0. The quantitative estimate of drug-likeness (QED) is 0.357. The molecule has 0 saturated carbocycles. The van der Waals surface area contributed by atoms with Gasteiger partial charge in [0, 0.05) is 56.0 Å². The van der Waals surface area contributed by atoms with E-state index >= 15 is 4.39 Å². The fourth-order valence-electron chi connectivity index (χ4n) is 6.65. The topological polar surface area (TPSA) is 83.1 Å². The Morgan fingerprint density at radius 3 is 2.32 bits per heavy atom. The van der Waals surface area contributed by atoms with Gasteiger partial charge in [-0.2, -0.15) is 0 Å². The molecule has 232 valence electrons. The molecule has 3 fully saturated rings. The highest BCUT2D eigenvalue weighted by Crippen LogP contribution is 2.39. The summed E-state index contributed by atoms with van der Waals surface area (Å²) in [5.41, 5.74) is 4.23. The number of carbonyl (C=O) groups is 2. The predicted octanol–water partition coefficient (Wildman–Crippen LogP) is 5.79. The summed E-state index contributed by atoms with van der Waals surface area (Å²) in [5, 5.41) is 6.73. The van der Waals surface area contributed by atoms with E-state index in [4.69, 9.17) is 9.47 Å². The van der Waals surface area contributed by atoms with Crippen LogP contribution in [0.1, 0.15) is 53.2 Å². The second kappa shape index (κ2) is 13.8. The third-order valence-corrected chi connectivity index (χ3v) is 9.00. The monoisotopic (exact) mass is 600 g/mol. The molecule has 8 nitrogen and oxygen atoms in total. The number of likely N-dealkylation sites (tertiary alicyclic amines) is 1. The number of halogens is 1. The second-order valence-corrected chi connectivity index (χ2v) is 11.9. The maximum absolute atomic E-state index is 15.0. The first-order chi connectivity index (χ1) is 21.5. The lowest BCUT2D eigenvalue weighted by Gasteiger charge is -2.41. The normalized spacial score (nSPS) is 21.1. The van der Waals surface area contributed by atoms with Gasteiger partial charge >= 0.3 is 0 Å². The van der Waals surface area contributed by atoms with Crippen molar-refractivity contribution in [1.82, 2.24) is 4.90 Å². The third-order valence-electron chi connectivity index (χ3n) is 9.00. The number of hydrogen-bond acceptors (Lipinski definition) is 6. The van der Waals surface area contributed by atoms with E-state index in [2.05, 4.69) is 15.5 Å². The van der Waals surface area contributed by atoms with Gasteiger partial charge in [0.15, 0.2) is 0 Å². The minimum atomic E-state index is -0.546. The fourth-order valence-corrected chi connectivity index (χ4v) is 6.65. The van der Waals surface area contributed by atoms with Gasteiger partial charge in [-0.3, -0.25) is 9.59 Å². The van der Waals surface area contributed by atoms with Crippen LogP contribution < -0.4 is 15.5 Å². The molecule has 3 aliphatic heterocycles. The number of carbonyl (C=O) groups excluding carboxylic acids is 2. The van der Waals surface area contributed by atoms with Gasteiger partial charge in [-0.25, -0.2) is 4.39 Å². The zero-order valence-corrected chi connectivity index (χ0v) is 25.3. The number of nitrogens with one attached hydrogen (secondary N) is 2. The number of aryl methyl sites for hydroxylation is 1. The molecule has 2 N–H and O–H groups in total. The Morgan fingerprint density at radius 2 is 1.57 bits per heavy atom. The smallest absolute Gasteiger partial charge is 0.257 e. The average Bonchev–Trinajstić information content (AvgIpc) is 3.06. The van der Waals surface area contributed by atoms with Crippen LogP contribution in [-0.4, -0.2) is 68.8 Å². The molecule has 0 aromatic heterocycles. The first-order valence-electron chi connectivity index (χ1n) is 15.7. The summed E-state index contributed by atoms with van der Waals surface area (Å²) in [7, 11) is 0. The Kier molecular flexibility index (Phi) is 9.43. The van der Waals surface area contributed by atoms with Crippen LogP contribution in [0.4, 0.5) is 21.5 Å². The maximum atomic E-state index is 15.0. The molecular weight excluding hydrogens is 559 g/mol. The summed E-state index contributed by atoms with van der Waals surface area (Å²) in [6.07, 6.45) is 3.15. The van der Waals surface area contributed by atoms with E-state index in [1.165, 1.54) is 6.07 Å². The number of nitrogens with zero attached hydrogens (tertiary/aromatic N) is 2. The van der Waals surface area contributed by atoms with Crippen LogP contribution in [0, 0.1) is 18.7 Å². The minimum absolute atomic E-state index is 0.0644. The van der Waals surface area contributed by atoms with Crippen molar-refractivity contribution in [2.24, 2.45) is 5.92 Å². The highest BCUT2D eigenvalue weighted by molar-refractivity contribution is 5.98. The summed E-state index contributed by atoms with van der Waals surface area (Å²) in [5.74, 6) is -1.60. The molecule has 3 aliphatic rings. The number of amides is 2. The van der Waals surface area contributed by atoms with Crippen molar-refractivity contribution in [3.05, 3.63) is 89.2 Å². The number of hydrogen-bond donors (Lipinski definition) is 2. The molecule has 3 aromatic carbocycles. The number of benzene rings is 3. The van der Waals surface area contributed by atoms with Crippen molar-refractivity contribution in [3.8, 4) is 0 Å². The Balaban J connectivity index is 1.28. The molecule has 6 rings (SSSR count).